The number of alkyl halides is 3. The van der Waals surface area contributed by atoms with Crippen LogP contribution < -0.4 is 16.4 Å². The van der Waals surface area contributed by atoms with Crippen LogP contribution in [0.5, 0.6) is 0 Å². The molecule has 0 bridgehead atoms. The van der Waals surface area contributed by atoms with Crippen LogP contribution in [0.3, 0.4) is 0 Å². The number of anilines is 1. The summed E-state index contributed by atoms with van der Waals surface area (Å²) in [6.45, 7) is 4.02. The number of primary amides is 1. The third-order valence-corrected chi connectivity index (χ3v) is 5.42. The van der Waals surface area contributed by atoms with Crippen molar-refractivity contribution < 1.29 is 18.0 Å². The number of benzene rings is 2. The predicted octanol–water partition coefficient (Wildman–Crippen LogP) is 4.35. The fourth-order valence-electron chi connectivity index (χ4n) is 2.79. The zero-order chi connectivity index (χ0) is 20.6. The number of hydrogen-bond acceptors (Lipinski definition) is 4. The summed E-state index contributed by atoms with van der Waals surface area (Å²) in [6.07, 6.45) is -2.33. The van der Waals surface area contributed by atoms with Gasteiger partial charge in [-0.3, -0.25) is 4.79 Å². The lowest BCUT2D eigenvalue weighted by Crippen LogP contribution is -2.27. The Morgan fingerprint density at radius 3 is 2.39 bits per heavy atom. The van der Waals surface area contributed by atoms with Gasteiger partial charge < -0.3 is 16.4 Å². The Morgan fingerprint density at radius 1 is 1.14 bits per heavy atom. The Kier molecular flexibility index (Phi) is 7.80. The van der Waals surface area contributed by atoms with Crippen molar-refractivity contribution in [2.75, 3.05) is 5.32 Å². The molecule has 2 aromatic carbocycles. The van der Waals surface area contributed by atoms with E-state index in [-0.39, 0.29) is 22.8 Å². The second kappa shape index (κ2) is 10.1. The molecule has 4 N–H and O–H groups in total. The van der Waals surface area contributed by atoms with Gasteiger partial charge in [0.1, 0.15) is 5.50 Å². The lowest BCUT2D eigenvalue weighted by Gasteiger charge is -2.18. The third kappa shape index (κ3) is 6.23. The second-order valence-electron chi connectivity index (χ2n) is 6.02. The fraction of sp³-hybridized carbons (Fsp3) is 0.250. The van der Waals surface area contributed by atoms with E-state index in [4.69, 9.17) is 4.79 Å². The van der Waals surface area contributed by atoms with Crippen molar-refractivity contribution in [3.8, 4) is 0 Å². The van der Waals surface area contributed by atoms with Crippen LogP contribution in [0.15, 0.2) is 66.9 Å². The number of aryl methyl sites for hydroxylation is 1. The van der Waals surface area contributed by atoms with Crippen LogP contribution in [0, 0.1) is 0 Å². The Balaban J connectivity index is 0.000000878. The van der Waals surface area contributed by atoms with E-state index >= 15 is 0 Å². The van der Waals surface area contributed by atoms with Gasteiger partial charge >= 0.3 is 6.18 Å². The van der Waals surface area contributed by atoms with Crippen LogP contribution in [0.25, 0.3) is 0 Å². The number of para-hydroxylation sites is 1. The van der Waals surface area contributed by atoms with E-state index in [0.29, 0.717) is 0 Å². The van der Waals surface area contributed by atoms with Crippen molar-refractivity contribution in [2.24, 2.45) is 5.73 Å². The molecule has 1 saturated heterocycles. The van der Waals surface area contributed by atoms with Gasteiger partial charge in [-0.2, -0.15) is 13.2 Å². The third-order valence-electron chi connectivity index (χ3n) is 4.06. The summed E-state index contributed by atoms with van der Waals surface area (Å²) < 4.78 is 39.3. The molecule has 8 heteroatoms. The number of nitrogens with two attached hydrogens (primary N) is 1. The molecule has 0 aliphatic carbocycles. The number of carbonyl (C=O) groups excluding carboxylic acids is 1. The Bertz CT molecular complexity index is 784. The summed E-state index contributed by atoms with van der Waals surface area (Å²) in [5.41, 5.74) is 5.36. The Labute approximate surface area is 166 Å². The van der Waals surface area contributed by atoms with Gasteiger partial charge in [0.25, 0.3) is 0 Å². The van der Waals surface area contributed by atoms with Crippen molar-refractivity contribution >= 4 is 23.9 Å². The van der Waals surface area contributed by atoms with Crippen LogP contribution >= 0.6 is 11.8 Å². The average Bonchev–Trinajstić information content (AvgIpc) is 3.00. The van der Waals surface area contributed by atoms with Crippen LogP contribution in [-0.2, 0) is 17.4 Å². The highest BCUT2D eigenvalue weighted by Crippen LogP contribution is 2.38. The van der Waals surface area contributed by atoms with E-state index in [2.05, 4.69) is 35.1 Å². The summed E-state index contributed by atoms with van der Waals surface area (Å²) in [5.74, 6) is 0. The lowest BCUT2D eigenvalue weighted by atomic mass is 10.1. The van der Waals surface area contributed by atoms with E-state index in [0.717, 1.165) is 24.6 Å². The molecule has 2 aromatic rings. The first kappa shape index (κ1) is 21.7. The van der Waals surface area contributed by atoms with Crippen molar-refractivity contribution in [3.05, 3.63) is 78.0 Å². The topological polar surface area (TPSA) is 67.2 Å². The Morgan fingerprint density at radius 2 is 1.75 bits per heavy atom. The highest BCUT2D eigenvalue weighted by atomic mass is 32.2. The molecule has 3 rings (SSSR count). The van der Waals surface area contributed by atoms with Gasteiger partial charge in [-0.1, -0.05) is 49.0 Å². The molecule has 0 aromatic heterocycles. The summed E-state index contributed by atoms with van der Waals surface area (Å²) >= 11 is 1.56. The van der Waals surface area contributed by atoms with E-state index < -0.39 is 11.7 Å². The second-order valence-corrected chi connectivity index (χ2v) is 7.33. The molecule has 0 saturated carbocycles. The highest BCUT2D eigenvalue weighted by molar-refractivity contribution is 8.01. The minimum atomic E-state index is -4.38. The average molecular weight is 409 g/mol. The first-order valence-corrected chi connectivity index (χ1v) is 9.52. The highest BCUT2D eigenvalue weighted by Gasteiger charge is 2.35. The quantitative estimate of drug-likeness (QED) is 0.642. The minimum Gasteiger partial charge on any atom is -0.372 e. The normalized spacial score (nSPS) is 18.6. The van der Waals surface area contributed by atoms with Gasteiger partial charge in [-0.25, -0.2) is 0 Å². The number of amides is 1. The number of halogens is 3. The molecule has 28 heavy (non-hydrogen) atoms. The summed E-state index contributed by atoms with van der Waals surface area (Å²) in [7, 11) is 0. The van der Waals surface area contributed by atoms with Crippen LogP contribution in [-0.4, -0.2) is 17.2 Å². The van der Waals surface area contributed by atoms with Gasteiger partial charge in [0.2, 0.25) is 6.41 Å². The molecule has 1 aliphatic rings. The van der Waals surface area contributed by atoms with Gasteiger partial charge in [-0.05, 0) is 30.5 Å². The van der Waals surface area contributed by atoms with E-state index in [9.17, 15) is 13.2 Å². The number of nitrogens with one attached hydrogen (secondary N) is 2. The zero-order valence-electron chi connectivity index (χ0n) is 15.1. The van der Waals surface area contributed by atoms with Crippen LogP contribution in [0.4, 0.5) is 18.9 Å². The van der Waals surface area contributed by atoms with Gasteiger partial charge in [0, 0.05) is 16.6 Å². The maximum Gasteiger partial charge on any atom is 0.418 e. The largest absolute Gasteiger partial charge is 0.418 e. The first-order chi connectivity index (χ1) is 13.3. The van der Waals surface area contributed by atoms with Gasteiger partial charge in [-0.15, -0.1) is 11.8 Å². The maximum absolute atomic E-state index is 13.1. The van der Waals surface area contributed by atoms with Gasteiger partial charge in [0.15, 0.2) is 0 Å². The molecule has 1 heterocycles. The molecule has 1 fully saturated rings. The van der Waals surface area contributed by atoms with Crippen molar-refractivity contribution in [3.63, 3.8) is 0 Å². The molecule has 0 spiro atoms. The standard InChI is InChI=1S/C19H19F3N2S.CH3NO/c1-13-17(12-11-14-7-3-2-4-8-14)25-18(23-13)24-16-10-6-5-9-15(16)19(20,21)22;2-1-3/h2-10,17-18,23-24H,1,11-12H2;1H,(H2,2,3). The van der Waals surface area contributed by atoms with Crippen molar-refractivity contribution in [2.45, 2.75) is 29.8 Å². The van der Waals surface area contributed by atoms with Crippen molar-refractivity contribution in [1.82, 2.24) is 5.32 Å². The number of carbonyl (C=O) groups is 1. The molecular weight excluding hydrogens is 387 g/mol. The summed E-state index contributed by atoms with van der Waals surface area (Å²) in [6, 6.07) is 15.7. The minimum absolute atomic E-state index is 0.0801. The monoisotopic (exact) mass is 409 g/mol. The van der Waals surface area contributed by atoms with Crippen molar-refractivity contribution in [1.29, 1.82) is 0 Å². The number of rotatable bonds is 5. The molecular formula is C20H22F3N3OS. The van der Waals surface area contributed by atoms with Crippen LogP contribution in [0.2, 0.25) is 0 Å². The fourth-order valence-corrected chi connectivity index (χ4v) is 4.02. The Hall–Kier alpha value is -2.61. The summed E-state index contributed by atoms with van der Waals surface area (Å²) in [5, 5.41) is 6.27. The SMILES string of the molecule is C=C1NC(Nc2ccccc2C(F)(F)F)SC1CCc1ccccc1.NC=O. The maximum atomic E-state index is 13.1. The molecule has 150 valence electrons. The van der Waals surface area contributed by atoms with Crippen LogP contribution in [0.1, 0.15) is 17.5 Å². The first-order valence-electron chi connectivity index (χ1n) is 8.58. The molecule has 2 atom stereocenters. The molecule has 0 radical (unpaired) electrons. The van der Waals surface area contributed by atoms with E-state index in [1.165, 1.54) is 17.7 Å². The van der Waals surface area contributed by atoms with E-state index in [1.54, 1.807) is 17.8 Å². The smallest absolute Gasteiger partial charge is 0.372 e. The molecule has 2 unspecified atom stereocenters. The zero-order valence-corrected chi connectivity index (χ0v) is 15.9. The summed E-state index contributed by atoms with van der Waals surface area (Å²) in [4.78, 5) is 8.58. The van der Waals surface area contributed by atoms with Gasteiger partial charge in [0.05, 0.1) is 5.56 Å². The molecule has 1 amide bonds. The lowest BCUT2D eigenvalue weighted by molar-refractivity contribution is -0.137. The number of thioether (sulfide) groups is 1. The molecule has 4 nitrogen and oxygen atoms in total. The predicted molar refractivity (Wildman–Crippen MR) is 108 cm³/mol. The molecule has 1 aliphatic heterocycles. The van der Waals surface area contributed by atoms with E-state index in [1.807, 2.05) is 18.2 Å². The number of hydrogen-bond donors (Lipinski definition) is 3.